The van der Waals surface area contributed by atoms with Gasteiger partial charge < -0.3 is 10.4 Å². The Bertz CT molecular complexity index is 760. The van der Waals surface area contributed by atoms with Gasteiger partial charge in [0.15, 0.2) is 5.69 Å². The molecule has 0 aliphatic carbocycles. The molecule has 0 unspecified atom stereocenters. The normalized spacial score (nSPS) is 11.3. The Kier molecular flexibility index (Phi) is 4.59. The zero-order valence-electron chi connectivity index (χ0n) is 11.5. The van der Waals surface area contributed by atoms with Gasteiger partial charge in [0.25, 0.3) is 5.91 Å². The largest absolute Gasteiger partial charge is 0.476 e. The van der Waals surface area contributed by atoms with Gasteiger partial charge in [-0.05, 0) is 13.0 Å². The first kappa shape index (κ1) is 16.8. The number of rotatable bonds is 4. The second-order valence-electron chi connectivity index (χ2n) is 4.33. The Morgan fingerprint density at radius 1 is 1.26 bits per heavy atom. The standard InChI is InChI=1S/C12H9F3N4O3S/c1-5-2-6(19-11(17-5)12(13,14)15)9(20)16-3-8-18-7(4-23-8)10(21)22/h2,4H,3H2,1H3,(H,16,20)(H,21,22). The van der Waals surface area contributed by atoms with Crippen LogP contribution < -0.4 is 5.32 Å². The molecule has 0 fully saturated rings. The molecule has 0 radical (unpaired) electrons. The van der Waals surface area contributed by atoms with E-state index in [2.05, 4.69) is 20.3 Å². The fraction of sp³-hybridized carbons (Fsp3) is 0.250. The summed E-state index contributed by atoms with van der Waals surface area (Å²) in [7, 11) is 0. The summed E-state index contributed by atoms with van der Waals surface area (Å²) in [5, 5.41) is 12.7. The Morgan fingerprint density at radius 3 is 2.52 bits per heavy atom. The smallest absolute Gasteiger partial charge is 0.451 e. The summed E-state index contributed by atoms with van der Waals surface area (Å²) in [4.78, 5) is 32.7. The van der Waals surface area contributed by atoms with Gasteiger partial charge in [0.1, 0.15) is 10.7 Å². The van der Waals surface area contributed by atoms with Crippen LogP contribution in [0.2, 0.25) is 0 Å². The number of nitrogens with zero attached hydrogens (tertiary/aromatic N) is 3. The molecular weight excluding hydrogens is 337 g/mol. The number of carboxylic acid groups (broad SMARTS) is 1. The predicted octanol–water partition coefficient (Wildman–Crippen LogP) is 1.89. The lowest BCUT2D eigenvalue weighted by Gasteiger charge is -2.08. The highest BCUT2D eigenvalue weighted by molar-refractivity contribution is 7.09. The molecule has 23 heavy (non-hydrogen) atoms. The molecule has 0 aliphatic rings. The summed E-state index contributed by atoms with van der Waals surface area (Å²) < 4.78 is 37.9. The van der Waals surface area contributed by atoms with Crippen molar-refractivity contribution in [2.24, 2.45) is 0 Å². The van der Waals surface area contributed by atoms with Gasteiger partial charge in [0.05, 0.1) is 6.54 Å². The molecule has 0 spiro atoms. The SMILES string of the molecule is Cc1cc(C(=O)NCc2nc(C(=O)O)cs2)nc(C(F)(F)F)n1. The Hall–Kier alpha value is -2.56. The molecule has 11 heteroatoms. The van der Waals surface area contributed by atoms with E-state index in [0.29, 0.717) is 5.01 Å². The molecule has 0 saturated heterocycles. The van der Waals surface area contributed by atoms with E-state index in [-0.39, 0.29) is 17.9 Å². The third-order valence-corrected chi connectivity index (χ3v) is 3.36. The highest BCUT2D eigenvalue weighted by atomic mass is 32.1. The van der Waals surface area contributed by atoms with Gasteiger partial charge >= 0.3 is 12.1 Å². The molecule has 7 nitrogen and oxygen atoms in total. The Balaban J connectivity index is 2.11. The van der Waals surface area contributed by atoms with Gasteiger partial charge in [-0.1, -0.05) is 0 Å². The van der Waals surface area contributed by atoms with Crippen LogP contribution in [0.25, 0.3) is 0 Å². The first-order valence-electron chi connectivity index (χ1n) is 6.05. The number of nitrogens with one attached hydrogen (secondary N) is 1. The average molecular weight is 346 g/mol. The van der Waals surface area contributed by atoms with Crippen molar-refractivity contribution in [2.75, 3.05) is 0 Å². The number of amides is 1. The van der Waals surface area contributed by atoms with Gasteiger partial charge in [0, 0.05) is 11.1 Å². The van der Waals surface area contributed by atoms with Gasteiger partial charge in [-0.25, -0.2) is 19.7 Å². The molecule has 2 rings (SSSR count). The van der Waals surface area contributed by atoms with Crippen molar-refractivity contribution in [3.8, 4) is 0 Å². The number of aryl methyl sites for hydroxylation is 1. The van der Waals surface area contributed by atoms with Crippen molar-refractivity contribution in [3.05, 3.63) is 39.4 Å². The predicted molar refractivity (Wildman–Crippen MR) is 72.0 cm³/mol. The summed E-state index contributed by atoms with van der Waals surface area (Å²) in [5.41, 5.74) is -0.601. The first-order valence-corrected chi connectivity index (χ1v) is 6.93. The number of carbonyl (C=O) groups excluding carboxylic acids is 1. The van der Waals surface area contributed by atoms with Crippen LogP contribution in [-0.4, -0.2) is 31.9 Å². The van der Waals surface area contributed by atoms with Gasteiger partial charge in [-0.15, -0.1) is 11.3 Å². The van der Waals surface area contributed by atoms with Crippen molar-refractivity contribution in [3.63, 3.8) is 0 Å². The summed E-state index contributed by atoms with van der Waals surface area (Å²) in [6, 6.07) is 1.12. The second kappa shape index (κ2) is 6.28. The molecule has 2 aromatic heterocycles. The highest BCUT2D eigenvalue weighted by Gasteiger charge is 2.35. The zero-order valence-corrected chi connectivity index (χ0v) is 12.3. The minimum absolute atomic E-state index is 0.000105. The molecule has 0 aliphatic heterocycles. The van der Waals surface area contributed by atoms with Crippen LogP contribution in [-0.2, 0) is 12.7 Å². The summed E-state index contributed by atoms with van der Waals surface area (Å²) in [5.74, 6) is -3.45. The van der Waals surface area contributed by atoms with Crippen LogP contribution in [0.4, 0.5) is 13.2 Å². The van der Waals surface area contributed by atoms with Crippen molar-refractivity contribution in [1.82, 2.24) is 20.3 Å². The van der Waals surface area contributed by atoms with Crippen LogP contribution in [0.15, 0.2) is 11.4 Å². The quantitative estimate of drug-likeness (QED) is 0.876. The molecule has 122 valence electrons. The number of alkyl halides is 3. The third kappa shape index (κ3) is 4.22. The number of halogens is 3. The lowest BCUT2D eigenvalue weighted by molar-refractivity contribution is -0.145. The van der Waals surface area contributed by atoms with Crippen molar-refractivity contribution in [2.45, 2.75) is 19.6 Å². The lowest BCUT2D eigenvalue weighted by atomic mass is 10.3. The van der Waals surface area contributed by atoms with Gasteiger partial charge in [0.2, 0.25) is 5.82 Å². The van der Waals surface area contributed by atoms with E-state index in [1.807, 2.05) is 0 Å². The molecule has 0 aromatic carbocycles. The van der Waals surface area contributed by atoms with E-state index in [1.54, 1.807) is 0 Å². The minimum Gasteiger partial charge on any atom is -0.476 e. The molecule has 0 saturated carbocycles. The first-order chi connectivity index (χ1) is 10.7. The maximum atomic E-state index is 12.6. The van der Waals surface area contributed by atoms with Crippen LogP contribution >= 0.6 is 11.3 Å². The molecule has 1 amide bonds. The molecule has 0 atom stereocenters. The number of hydrogen-bond acceptors (Lipinski definition) is 6. The summed E-state index contributed by atoms with van der Waals surface area (Å²) in [6.07, 6.45) is -4.76. The van der Waals surface area contributed by atoms with E-state index in [4.69, 9.17) is 5.11 Å². The number of hydrogen-bond donors (Lipinski definition) is 2. The molecule has 2 N–H and O–H groups in total. The Morgan fingerprint density at radius 2 is 1.96 bits per heavy atom. The van der Waals surface area contributed by atoms with E-state index < -0.39 is 29.6 Å². The minimum atomic E-state index is -4.76. The highest BCUT2D eigenvalue weighted by Crippen LogP contribution is 2.26. The fourth-order valence-corrected chi connectivity index (χ4v) is 2.26. The average Bonchev–Trinajstić information content (AvgIpc) is 2.92. The lowest BCUT2D eigenvalue weighted by Crippen LogP contribution is -2.25. The van der Waals surface area contributed by atoms with Gasteiger partial charge in [-0.3, -0.25) is 4.79 Å². The van der Waals surface area contributed by atoms with Crippen molar-refractivity contribution < 1.29 is 27.9 Å². The molecule has 0 bridgehead atoms. The van der Waals surface area contributed by atoms with Crippen LogP contribution in [0.1, 0.15) is 37.5 Å². The van der Waals surface area contributed by atoms with Crippen LogP contribution in [0.3, 0.4) is 0 Å². The van der Waals surface area contributed by atoms with Crippen molar-refractivity contribution in [1.29, 1.82) is 0 Å². The Labute approximate surface area is 131 Å². The molecule has 2 heterocycles. The topological polar surface area (TPSA) is 105 Å². The maximum absolute atomic E-state index is 12.6. The van der Waals surface area contributed by atoms with Gasteiger partial charge in [-0.2, -0.15) is 13.2 Å². The number of carbonyl (C=O) groups is 2. The second-order valence-corrected chi connectivity index (χ2v) is 5.27. The number of aromatic nitrogens is 3. The summed E-state index contributed by atoms with van der Waals surface area (Å²) in [6.45, 7) is 1.19. The van der Waals surface area contributed by atoms with E-state index >= 15 is 0 Å². The molecular formula is C12H9F3N4O3S. The molecule has 2 aromatic rings. The van der Waals surface area contributed by atoms with Crippen molar-refractivity contribution >= 4 is 23.2 Å². The monoisotopic (exact) mass is 346 g/mol. The third-order valence-electron chi connectivity index (χ3n) is 2.51. The van der Waals surface area contributed by atoms with E-state index in [9.17, 15) is 22.8 Å². The summed E-state index contributed by atoms with van der Waals surface area (Å²) >= 11 is 1.01. The van der Waals surface area contributed by atoms with E-state index in [0.717, 1.165) is 17.4 Å². The maximum Gasteiger partial charge on any atom is 0.451 e. The number of aromatic carboxylic acids is 1. The fourth-order valence-electron chi connectivity index (χ4n) is 1.55. The number of thiazole rings is 1. The van der Waals surface area contributed by atoms with E-state index in [1.165, 1.54) is 12.3 Å². The van der Waals surface area contributed by atoms with Crippen LogP contribution in [0.5, 0.6) is 0 Å². The van der Waals surface area contributed by atoms with Crippen LogP contribution in [0, 0.1) is 6.92 Å². The number of carboxylic acids is 1. The zero-order chi connectivity index (χ0) is 17.2.